The van der Waals surface area contributed by atoms with Crippen LogP contribution in [0, 0.1) is 0 Å². The molecule has 1 heterocycles. The average molecular weight is 256 g/mol. The van der Waals surface area contributed by atoms with Gasteiger partial charge in [0.1, 0.15) is 0 Å². The van der Waals surface area contributed by atoms with Gasteiger partial charge in [0.25, 0.3) is 0 Å². The van der Waals surface area contributed by atoms with Crippen molar-refractivity contribution in [2.75, 3.05) is 26.7 Å². The molecule has 3 heteroatoms. The summed E-state index contributed by atoms with van der Waals surface area (Å²) in [5.74, 6) is 0. The standard InChI is InChI=1S/C15H32N2O/c1-6-15(3,4)16-11-13(2)17(5)12-14-9-7-8-10-18-14/h13-14,16H,6-12H2,1-5H3. The second-order valence-electron chi connectivity index (χ2n) is 6.40. The third-order valence-electron chi connectivity index (χ3n) is 4.28. The molecule has 1 aliphatic heterocycles. The molecule has 2 unspecified atom stereocenters. The van der Waals surface area contributed by atoms with Crippen LogP contribution in [0.3, 0.4) is 0 Å². The maximum Gasteiger partial charge on any atom is 0.0702 e. The monoisotopic (exact) mass is 256 g/mol. The van der Waals surface area contributed by atoms with Crippen LogP contribution >= 0.6 is 0 Å². The van der Waals surface area contributed by atoms with Gasteiger partial charge in [-0.05, 0) is 53.5 Å². The van der Waals surface area contributed by atoms with Crippen molar-refractivity contribution in [3.05, 3.63) is 0 Å². The van der Waals surface area contributed by atoms with Crippen LogP contribution in [0.2, 0.25) is 0 Å². The maximum atomic E-state index is 5.80. The summed E-state index contributed by atoms with van der Waals surface area (Å²) in [4.78, 5) is 2.43. The Balaban J connectivity index is 2.25. The minimum atomic E-state index is 0.246. The van der Waals surface area contributed by atoms with E-state index in [9.17, 15) is 0 Å². The van der Waals surface area contributed by atoms with E-state index in [2.05, 4.69) is 45.0 Å². The van der Waals surface area contributed by atoms with E-state index in [0.29, 0.717) is 12.1 Å². The molecule has 1 rings (SSSR count). The Hall–Kier alpha value is -0.120. The predicted molar refractivity (Wildman–Crippen MR) is 78.1 cm³/mol. The molecule has 0 aromatic rings. The Kier molecular flexibility index (Phi) is 6.61. The Morgan fingerprint density at radius 3 is 2.67 bits per heavy atom. The van der Waals surface area contributed by atoms with Crippen LogP contribution in [0.4, 0.5) is 0 Å². The van der Waals surface area contributed by atoms with Crippen molar-refractivity contribution in [1.29, 1.82) is 0 Å². The van der Waals surface area contributed by atoms with E-state index in [1.165, 1.54) is 19.3 Å². The van der Waals surface area contributed by atoms with E-state index < -0.39 is 0 Å². The summed E-state index contributed by atoms with van der Waals surface area (Å²) in [5, 5.41) is 3.64. The quantitative estimate of drug-likeness (QED) is 0.758. The summed E-state index contributed by atoms with van der Waals surface area (Å²) in [6.07, 6.45) is 5.40. The van der Waals surface area contributed by atoms with Gasteiger partial charge >= 0.3 is 0 Å². The summed E-state index contributed by atoms with van der Waals surface area (Å²) in [5.41, 5.74) is 0.246. The molecule has 1 N–H and O–H groups in total. The van der Waals surface area contributed by atoms with Crippen molar-refractivity contribution in [2.45, 2.75) is 71.1 Å². The zero-order valence-corrected chi connectivity index (χ0v) is 13.0. The SMILES string of the molecule is CCC(C)(C)NCC(C)N(C)CC1CCCCO1. The number of hydrogen-bond donors (Lipinski definition) is 1. The van der Waals surface area contributed by atoms with Crippen LogP contribution in [0.15, 0.2) is 0 Å². The molecular weight excluding hydrogens is 224 g/mol. The lowest BCUT2D eigenvalue weighted by Crippen LogP contribution is -2.48. The largest absolute Gasteiger partial charge is 0.377 e. The lowest BCUT2D eigenvalue weighted by atomic mass is 10.0. The molecule has 0 radical (unpaired) electrons. The van der Waals surface area contributed by atoms with Crippen molar-refractivity contribution >= 4 is 0 Å². The fraction of sp³-hybridized carbons (Fsp3) is 1.00. The summed E-state index contributed by atoms with van der Waals surface area (Å²) in [6.45, 7) is 12.1. The van der Waals surface area contributed by atoms with Crippen LogP contribution in [-0.2, 0) is 4.74 Å². The highest BCUT2D eigenvalue weighted by Gasteiger charge is 2.20. The van der Waals surface area contributed by atoms with E-state index in [1.54, 1.807) is 0 Å². The van der Waals surface area contributed by atoms with Gasteiger partial charge < -0.3 is 10.1 Å². The van der Waals surface area contributed by atoms with Crippen molar-refractivity contribution < 1.29 is 4.74 Å². The first-order valence-electron chi connectivity index (χ1n) is 7.51. The molecule has 1 fully saturated rings. The molecule has 0 amide bonds. The second-order valence-corrected chi connectivity index (χ2v) is 6.40. The lowest BCUT2D eigenvalue weighted by molar-refractivity contribution is -0.00723. The van der Waals surface area contributed by atoms with Gasteiger partial charge in [-0.25, -0.2) is 0 Å². The van der Waals surface area contributed by atoms with Crippen LogP contribution < -0.4 is 5.32 Å². The third kappa shape index (κ3) is 5.68. The van der Waals surface area contributed by atoms with Crippen molar-refractivity contribution in [3.63, 3.8) is 0 Å². The minimum Gasteiger partial charge on any atom is -0.377 e. The van der Waals surface area contributed by atoms with Crippen LogP contribution in [0.25, 0.3) is 0 Å². The number of nitrogens with one attached hydrogen (secondary N) is 1. The average Bonchev–Trinajstić information content (AvgIpc) is 2.37. The number of hydrogen-bond acceptors (Lipinski definition) is 3. The zero-order chi connectivity index (χ0) is 13.6. The number of ether oxygens (including phenoxy) is 1. The minimum absolute atomic E-state index is 0.246. The van der Waals surface area contributed by atoms with E-state index in [-0.39, 0.29) is 5.54 Å². The van der Waals surface area contributed by atoms with Crippen molar-refractivity contribution in [1.82, 2.24) is 10.2 Å². The molecule has 1 aliphatic rings. The lowest BCUT2D eigenvalue weighted by Gasteiger charge is -2.33. The number of nitrogens with zero attached hydrogens (tertiary/aromatic N) is 1. The molecule has 0 aliphatic carbocycles. The van der Waals surface area contributed by atoms with Crippen LogP contribution in [0.5, 0.6) is 0 Å². The van der Waals surface area contributed by atoms with Crippen LogP contribution in [-0.4, -0.2) is 49.3 Å². The molecular formula is C15H32N2O. The van der Waals surface area contributed by atoms with E-state index in [1.807, 2.05) is 0 Å². The van der Waals surface area contributed by atoms with E-state index in [0.717, 1.165) is 26.1 Å². The Morgan fingerprint density at radius 1 is 1.39 bits per heavy atom. The first-order valence-corrected chi connectivity index (χ1v) is 7.51. The van der Waals surface area contributed by atoms with Crippen molar-refractivity contribution in [3.8, 4) is 0 Å². The number of likely N-dealkylation sites (N-methyl/N-ethyl adjacent to an activating group) is 1. The summed E-state index contributed by atoms with van der Waals surface area (Å²) in [6, 6.07) is 0.557. The molecule has 0 saturated carbocycles. The molecule has 0 aromatic carbocycles. The smallest absolute Gasteiger partial charge is 0.0702 e. The van der Waals surface area contributed by atoms with Gasteiger partial charge in [-0.15, -0.1) is 0 Å². The van der Waals surface area contributed by atoms with Crippen molar-refractivity contribution in [2.24, 2.45) is 0 Å². The van der Waals surface area contributed by atoms with Crippen LogP contribution in [0.1, 0.15) is 53.4 Å². The van der Waals surface area contributed by atoms with E-state index in [4.69, 9.17) is 4.74 Å². The zero-order valence-electron chi connectivity index (χ0n) is 13.0. The Bertz CT molecular complexity index is 225. The predicted octanol–water partition coefficient (Wildman–Crippen LogP) is 2.65. The summed E-state index contributed by atoms with van der Waals surface area (Å²) in [7, 11) is 2.21. The van der Waals surface area contributed by atoms with Gasteiger partial charge in [0.05, 0.1) is 6.10 Å². The highest BCUT2D eigenvalue weighted by Crippen LogP contribution is 2.14. The Labute approximate surface area is 113 Å². The Morgan fingerprint density at radius 2 is 2.11 bits per heavy atom. The third-order valence-corrected chi connectivity index (χ3v) is 4.28. The van der Waals surface area contributed by atoms with Gasteiger partial charge in [-0.1, -0.05) is 6.92 Å². The molecule has 2 atom stereocenters. The van der Waals surface area contributed by atoms with Gasteiger partial charge in [0.2, 0.25) is 0 Å². The van der Waals surface area contributed by atoms with Gasteiger partial charge in [-0.3, -0.25) is 4.90 Å². The van der Waals surface area contributed by atoms with Gasteiger partial charge in [0, 0.05) is 31.3 Å². The topological polar surface area (TPSA) is 24.5 Å². The maximum absolute atomic E-state index is 5.80. The first-order chi connectivity index (χ1) is 8.44. The molecule has 18 heavy (non-hydrogen) atoms. The first kappa shape index (κ1) is 15.9. The number of rotatable bonds is 7. The highest BCUT2D eigenvalue weighted by molar-refractivity contribution is 4.79. The molecule has 3 nitrogen and oxygen atoms in total. The van der Waals surface area contributed by atoms with E-state index >= 15 is 0 Å². The molecule has 0 aromatic heterocycles. The molecule has 1 saturated heterocycles. The highest BCUT2D eigenvalue weighted by atomic mass is 16.5. The summed E-state index contributed by atoms with van der Waals surface area (Å²) < 4.78 is 5.80. The molecule has 108 valence electrons. The molecule has 0 spiro atoms. The fourth-order valence-corrected chi connectivity index (χ4v) is 2.16. The molecule has 0 bridgehead atoms. The van der Waals surface area contributed by atoms with Gasteiger partial charge in [-0.2, -0.15) is 0 Å². The summed E-state index contributed by atoms with van der Waals surface area (Å²) >= 11 is 0. The normalized spacial score (nSPS) is 23.3. The fourth-order valence-electron chi connectivity index (χ4n) is 2.16. The second kappa shape index (κ2) is 7.46. The van der Waals surface area contributed by atoms with Gasteiger partial charge in [0.15, 0.2) is 0 Å².